The number of anilines is 1. The van der Waals surface area contributed by atoms with Crippen LogP contribution in [0.4, 0.5) is 11.4 Å². The predicted molar refractivity (Wildman–Crippen MR) is 74.8 cm³/mol. The number of aliphatic hydroxyl groups excluding tert-OH is 1. The molecule has 2 N–H and O–H groups in total. The molecule has 0 spiro atoms. The molecule has 7 heteroatoms. The highest BCUT2D eigenvalue weighted by Crippen LogP contribution is 2.30. The largest absolute Gasteiger partial charge is 0.394 e. The fraction of sp³-hybridized carbons (Fsp3) is 0.308. The zero-order valence-electron chi connectivity index (χ0n) is 10.8. The smallest absolute Gasteiger partial charge is 0.311 e. The van der Waals surface area contributed by atoms with Crippen LogP contribution in [-0.4, -0.2) is 41.4 Å². The summed E-state index contributed by atoms with van der Waals surface area (Å²) < 4.78 is 5.12. The molecule has 20 heavy (non-hydrogen) atoms. The minimum absolute atomic E-state index is 0.0433. The highest BCUT2D eigenvalue weighted by molar-refractivity contribution is 5.95. The predicted octanol–water partition coefficient (Wildman–Crippen LogP) is 1.56. The molecule has 0 saturated heterocycles. The molecule has 7 nitrogen and oxygen atoms in total. The van der Waals surface area contributed by atoms with Crippen molar-refractivity contribution in [2.45, 2.75) is 0 Å². The summed E-state index contributed by atoms with van der Waals surface area (Å²) in [5, 5.41) is 23.4. The monoisotopic (exact) mass is 277 g/mol. The number of fused-ring (bicyclic) bond motifs is 1. The summed E-state index contributed by atoms with van der Waals surface area (Å²) >= 11 is 0. The molecule has 0 aliphatic rings. The molecular weight excluding hydrogens is 262 g/mol. The number of nitro groups is 1. The van der Waals surface area contributed by atoms with Crippen LogP contribution in [0.5, 0.6) is 0 Å². The van der Waals surface area contributed by atoms with Crippen molar-refractivity contribution in [3.63, 3.8) is 0 Å². The Labute approximate surface area is 115 Å². The Kier molecular flexibility index (Phi) is 4.80. The maximum absolute atomic E-state index is 11.1. The Hall–Kier alpha value is -2.25. The number of ether oxygens (including phenoxy) is 1. The van der Waals surface area contributed by atoms with Gasteiger partial charge in [0.05, 0.1) is 30.3 Å². The van der Waals surface area contributed by atoms with Crippen molar-refractivity contribution >= 4 is 22.3 Å². The molecule has 2 aromatic rings. The fourth-order valence-electron chi connectivity index (χ4n) is 1.87. The first-order chi connectivity index (χ1) is 9.74. The summed E-state index contributed by atoms with van der Waals surface area (Å²) in [6.07, 6.45) is 1.25. The van der Waals surface area contributed by atoms with Crippen LogP contribution in [0.15, 0.2) is 30.5 Å². The third-order valence-electron chi connectivity index (χ3n) is 2.74. The molecule has 1 aromatic carbocycles. The van der Waals surface area contributed by atoms with E-state index in [2.05, 4.69) is 10.3 Å². The van der Waals surface area contributed by atoms with E-state index in [1.165, 1.54) is 6.20 Å². The van der Waals surface area contributed by atoms with Gasteiger partial charge in [-0.05, 0) is 6.07 Å². The van der Waals surface area contributed by atoms with E-state index in [1.54, 1.807) is 18.2 Å². The zero-order chi connectivity index (χ0) is 14.4. The van der Waals surface area contributed by atoms with Crippen molar-refractivity contribution in [2.24, 2.45) is 0 Å². The fourth-order valence-corrected chi connectivity index (χ4v) is 1.87. The van der Waals surface area contributed by atoms with E-state index >= 15 is 0 Å². The molecule has 2 rings (SSSR count). The van der Waals surface area contributed by atoms with Crippen LogP contribution in [0, 0.1) is 10.1 Å². The molecule has 0 unspecified atom stereocenters. The Morgan fingerprint density at radius 3 is 2.90 bits per heavy atom. The topological polar surface area (TPSA) is 97.5 Å². The van der Waals surface area contributed by atoms with Gasteiger partial charge in [0.15, 0.2) is 0 Å². The first-order valence-corrected chi connectivity index (χ1v) is 6.18. The number of rotatable bonds is 7. The first kappa shape index (κ1) is 14.2. The summed E-state index contributed by atoms with van der Waals surface area (Å²) in [5.41, 5.74) is 1.07. The van der Waals surface area contributed by atoms with Gasteiger partial charge in [0, 0.05) is 11.9 Å². The lowest BCUT2D eigenvalue weighted by molar-refractivity contribution is -0.384. The molecule has 0 saturated carbocycles. The van der Waals surface area contributed by atoms with Crippen LogP contribution in [0.2, 0.25) is 0 Å². The Morgan fingerprint density at radius 1 is 1.35 bits per heavy atom. The van der Waals surface area contributed by atoms with Crippen molar-refractivity contribution < 1.29 is 14.8 Å². The molecule has 0 bridgehead atoms. The van der Waals surface area contributed by atoms with Gasteiger partial charge in [-0.3, -0.25) is 10.1 Å². The van der Waals surface area contributed by atoms with Gasteiger partial charge in [-0.2, -0.15) is 0 Å². The lowest BCUT2D eigenvalue weighted by Gasteiger charge is -2.10. The molecule has 0 amide bonds. The second kappa shape index (κ2) is 6.78. The Balaban J connectivity index is 2.23. The van der Waals surface area contributed by atoms with Crippen molar-refractivity contribution in [3.05, 3.63) is 40.6 Å². The van der Waals surface area contributed by atoms with E-state index in [1.807, 2.05) is 6.07 Å². The minimum atomic E-state index is -0.462. The second-order valence-corrected chi connectivity index (χ2v) is 4.06. The number of pyridine rings is 1. The van der Waals surface area contributed by atoms with Crippen molar-refractivity contribution in [2.75, 3.05) is 31.7 Å². The number of hydrogen-bond acceptors (Lipinski definition) is 6. The normalized spacial score (nSPS) is 10.7. The maximum Gasteiger partial charge on any atom is 0.311 e. The van der Waals surface area contributed by atoms with Crippen LogP contribution in [0.1, 0.15) is 0 Å². The number of benzene rings is 1. The summed E-state index contributed by atoms with van der Waals surface area (Å²) in [4.78, 5) is 14.7. The third-order valence-corrected chi connectivity index (χ3v) is 2.74. The van der Waals surface area contributed by atoms with Crippen molar-refractivity contribution in [3.8, 4) is 0 Å². The number of nitrogens with one attached hydrogen (secondary N) is 1. The lowest BCUT2D eigenvalue weighted by atomic mass is 10.1. The first-order valence-electron chi connectivity index (χ1n) is 6.18. The van der Waals surface area contributed by atoms with Crippen LogP contribution < -0.4 is 5.32 Å². The van der Waals surface area contributed by atoms with Crippen LogP contribution in [-0.2, 0) is 4.74 Å². The highest BCUT2D eigenvalue weighted by atomic mass is 16.6. The third kappa shape index (κ3) is 3.19. The summed E-state index contributed by atoms with van der Waals surface area (Å²) in [7, 11) is 0. The van der Waals surface area contributed by atoms with Crippen molar-refractivity contribution in [1.82, 2.24) is 4.98 Å². The van der Waals surface area contributed by atoms with E-state index in [0.717, 1.165) is 0 Å². The summed E-state index contributed by atoms with van der Waals surface area (Å²) in [6.45, 7) is 0.975. The Morgan fingerprint density at radius 2 is 2.15 bits per heavy atom. The molecule has 0 fully saturated rings. The molecule has 0 aliphatic carbocycles. The van der Waals surface area contributed by atoms with Gasteiger partial charge in [-0.1, -0.05) is 18.2 Å². The number of nitrogens with zero attached hydrogens (tertiary/aromatic N) is 2. The van der Waals surface area contributed by atoms with Crippen LogP contribution >= 0.6 is 0 Å². The van der Waals surface area contributed by atoms with Gasteiger partial charge in [0.25, 0.3) is 0 Å². The number of para-hydroxylation sites is 1. The van der Waals surface area contributed by atoms with Gasteiger partial charge in [-0.25, -0.2) is 4.98 Å². The van der Waals surface area contributed by atoms with E-state index in [-0.39, 0.29) is 18.9 Å². The summed E-state index contributed by atoms with van der Waals surface area (Å²) in [5.74, 6) is 0. The maximum atomic E-state index is 11.1. The minimum Gasteiger partial charge on any atom is -0.394 e. The van der Waals surface area contributed by atoms with Gasteiger partial charge in [0.1, 0.15) is 11.9 Å². The molecule has 106 valence electrons. The van der Waals surface area contributed by atoms with Gasteiger partial charge in [0.2, 0.25) is 0 Å². The van der Waals surface area contributed by atoms with Crippen LogP contribution in [0.25, 0.3) is 10.9 Å². The number of aliphatic hydroxyl groups is 1. The van der Waals surface area contributed by atoms with E-state index in [9.17, 15) is 10.1 Å². The van der Waals surface area contributed by atoms with E-state index < -0.39 is 4.92 Å². The standard InChI is InChI=1S/C13H15N3O4/c17-6-8-20-7-5-14-13-10-3-1-2-4-11(10)15-9-12(13)16(18)19/h1-4,9,17H,5-8H2,(H,14,15). The van der Waals surface area contributed by atoms with Crippen LogP contribution in [0.3, 0.4) is 0 Å². The number of hydrogen-bond donors (Lipinski definition) is 2. The zero-order valence-corrected chi connectivity index (χ0v) is 10.8. The number of aromatic nitrogens is 1. The second-order valence-electron chi connectivity index (χ2n) is 4.06. The average molecular weight is 277 g/mol. The van der Waals surface area contributed by atoms with Gasteiger partial charge >= 0.3 is 5.69 Å². The molecule has 0 radical (unpaired) electrons. The molecule has 0 atom stereocenters. The van der Waals surface area contributed by atoms with Crippen molar-refractivity contribution in [1.29, 1.82) is 0 Å². The quantitative estimate of drug-likeness (QED) is 0.453. The highest BCUT2D eigenvalue weighted by Gasteiger charge is 2.17. The van der Waals surface area contributed by atoms with Gasteiger partial charge < -0.3 is 15.2 Å². The molecule has 1 heterocycles. The van der Waals surface area contributed by atoms with E-state index in [4.69, 9.17) is 9.84 Å². The van der Waals surface area contributed by atoms with Gasteiger partial charge in [-0.15, -0.1) is 0 Å². The van der Waals surface area contributed by atoms with E-state index in [0.29, 0.717) is 29.7 Å². The molecule has 0 aliphatic heterocycles. The molecular formula is C13H15N3O4. The summed E-state index contributed by atoms with van der Waals surface area (Å²) in [6, 6.07) is 7.22. The average Bonchev–Trinajstić information content (AvgIpc) is 2.46. The lowest BCUT2D eigenvalue weighted by Crippen LogP contribution is -2.12. The SMILES string of the molecule is O=[N+]([O-])c1cnc2ccccc2c1NCCOCCO. The Bertz CT molecular complexity index is 603. The molecule has 1 aromatic heterocycles.